The van der Waals surface area contributed by atoms with Crippen molar-refractivity contribution in [1.29, 1.82) is 0 Å². The van der Waals surface area contributed by atoms with Gasteiger partial charge in [0.2, 0.25) is 15.9 Å². The van der Waals surface area contributed by atoms with Crippen LogP contribution in [0, 0.1) is 26.7 Å². The summed E-state index contributed by atoms with van der Waals surface area (Å²) in [4.78, 5) is 37.1. The molecule has 9 nitrogen and oxygen atoms in total. The molecule has 4 rings (SSSR count). The largest absolute Gasteiger partial charge is 0.326 e. The zero-order valence-corrected chi connectivity index (χ0v) is 21.1. The number of hydrogen-bond donors (Lipinski definition) is 3. The molecule has 2 aliphatic rings. The number of aryl methyl sites for hydroxylation is 3. The van der Waals surface area contributed by atoms with E-state index in [2.05, 4.69) is 16.0 Å². The van der Waals surface area contributed by atoms with E-state index in [0.717, 1.165) is 16.7 Å². The number of sulfonamides is 1. The van der Waals surface area contributed by atoms with Gasteiger partial charge in [-0.1, -0.05) is 29.8 Å². The number of anilines is 1. The van der Waals surface area contributed by atoms with Crippen LogP contribution >= 0.6 is 0 Å². The lowest BCUT2D eigenvalue weighted by Gasteiger charge is -2.31. The van der Waals surface area contributed by atoms with Gasteiger partial charge in [-0.2, -0.15) is 4.31 Å². The van der Waals surface area contributed by atoms with Crippen LogP contribution in [0.2, 0.25) is 0 Å². The molecular formula is C25H30N4O5S. The summed E-state index contributed by atoms with van der Waals surface area (Å²) in [5.74, 6) is -0.999. The first-order valence-electron chi connectivity index (χ1n) is 11.5. The van der Waals surface area contributed by atoms with Crippen LogP contribution in [0.3, 0.4) is 0 Å². The van der Waals surface area contributed by atoms with Gasteiger partial charge < -0.3 is 10.6 Å². The van der Waals surface area contributed by atoms with Crippen LogP contribution in [-0.4, -0.2) is 43.7 Å². The molecule has 0 bridgehead atoms. The number of carbonyl (C=O) groups excluding carboxylic acids is 3. The number of imide groups is 1. The standard InChI is InChI=1S/C25H30N4O5S/c1-15-12-16(2)21(17(3)13-15)35(33,34)29-10-8-18(9-11-29)22(30)26-20-7-5-6-19(14-20)25(4)23(31)27-24(32)28-25/h5-7,12-14,18H,8-11H2,1-4H3,(H,26,30)(H2,27,28,31,32). The fourth-order valence-electron chi connectivity index (χ4n) is 4.96. The van der Waals surface area contributed by atoms with Crippen LogP contribution in [0.15, 0.2) is 41.3 Å². The van der Waals surface area contributed by atoms with Gasteiger partial charge in [0.15, 0.2) is 0 Å². The highest BCUT2D eigenvalue weighted by atomic mass is 32.2. The molecule has 2 aromatic carbocycles. The number of urea groups is 1. The number of benzene rings is 2. The van der Waals surface area contributed by atoms with Gasteiger partial charge in [-0.15, -0.1) is 0 Å². The molecule has 186 valence electrons. The van der Waals surface area contributed by atoms with Crippen LogP contribution in [-0.2, 0) is 25.2 Å². The van der Waals surface area contributed by atoms with Crippen molar-refractivity contribution in [1.82, 2.24) is 14.9 Å². The minimum absolute atomic E-state index is 0.202. The zero-order chi connectivity index (χ0) is 25.5. The summed E-state index contributed by atoms with van der Waals surface area (Å²) in [5.41, 5.74) is 2.30. The molecular weight excluding hydrogens is 468 g/mol. The van der Waals surface area contributed by atoms with Crippen molar-refractivity contribution in [3.05, 3.63) is 58.7 Å². The lowest BCUT2D eigenvalue weighted by Crippen LogP contribution is -2.42. The summed E-state index contributed by atoms with van der Waals surface area (Å²) in [6.45, 7) is 7.68. The van der Waals surface area contributed by atoms with E-state index in [4.69, 9.17) is 0 Å². The van der Waals surface area contributed by atoms with Crippen molar-refractivity contribution < 1.29 is 22.8 Å². The second-order valence-electron chi connectivity index (χ2n) is 9.51. The van der Waals surface area contributed by atoms with Crippen molar-refractivity contribution in [2.75, 3.05) is 18.4 Å². The van der Waals surface area contributed by atoms with Gasteiger partial charge in [0.1, 0.15) is 5.54 Å². The number of carbonyl (C=O) groups is 3. The first kappa shape index (κ1) is 24.9. The fourth-order valence-corrected chi connectivity index (χ4v) is 6.84. The summed E-state index contributed by atoms with van der Waals surface area (Å²) < 4.78 is 28.1. The van der Waals surface area contributed by atoms with Gasteiger partial charge in [0, 0.05) is 24.7 Å². The molecule has 0 aromatic heterocycles. The topological polar surface area (TPSA) is 125 Å². The molecule has 2 aromatic rings. The van der Waals surface area contributed by atoms with Gasteiger partial charge in [-0.3, -0.25) is 14.9 Å². The van der Waals surface area contributed by atoms with Crippen LogP contribution in [0.5, 0.6) is 0 Å². The molecule has 2 heterocycles. The van der Waals surface area contributed by atoms with Crippen molar-refractivity contribution in [2.24, 2.45) is 5.92 Å². The minimum Gasteiger partial charge on any atom is -0.326 e. The van der Waals surface area contributed by atoms with Gasteiger partial charge >= 0.3 is 6.03 Å². The average molecular weight is 499 g/mol. The Kier molecular flexibility index (Phi) is 6.46. The Bertz CT molecular complexity index is 1290. The van der Waals surface area contributed by atoms with Crippen LogP contribution in [0.4, 0.5) is 10.5 Å². The number of nitrogens with one attached hydrogen (secondary N) is 3. The molecule has 35 heavy (non-hydrogen) atoms. The Morgan fingerprint density at radius 2 is 1.69 bits per heavy atom. The van der Waals surface area contributed by atoms with E-state index in [1.807, 2.05) is 32.9 Å². The highest BCUT2D eigenvalue weighted by molar-refractivity contribution is 7.89. The molecule has 0 spiro atoms. The van der Waals surface area contributed by atoms with Gasteiger partial charge in [-0.05, 0) is 69.4 Å². The third-order valence-electron chi connectivity index (χ3n) is 6.78. The van der Waals surface area contributed by atoms with Crippen molar-refractivity contribution in [2.45, 2.75) is 51.0 Å². The fraction of sp³-hybridized carbons (Fsp3) is 0.400. The van der Waals surface area contributed by atoms with Crippen LogP contribution in [0.1, 0.15) is 42.0 Å². The van der Waals surface area contributed by atoms with E-state index in [0.29, 0.717) is 29.0 Å². The summed E-state index contributed by atoms with van der Waals surface area (Å²) in [6.07, 6.45) is 0.815. The summed E-state index contributed by atoms with van der Waals surface area (Å²) in [6, 6.07) is 9.96. The molecule has 0 aliphatic carbocycles. The lowest BCUT2D eigenvalue weighted by molar-refractivity contribution is -0.123. The average Bonchev–Trinajstić information content (AvgIpc) is 3.05. The molecule has 1 unspecified atom stereocenters. The van der Waals surface area contributed by atoms with E-state index in [1.165, 1.54) is 4.31 Å². The van der Waals surface area contributed by atoms with E-state index in [1.54, 1.807) is 31.2 Å². The molecule has 2 saturated heterocycles. The molecule has 2 fully saturated rings. The zero-order valence-electron chi connectivity index (χ0n) is 20.3. The number of amides is 4. The van der Waals surface area contributed by atoms with Gasteiger partial charge in [0.05, 0.1) is 4.90 Å². The SMILES string of the molecule is Cc1cc(C)c(S(=O)(=O)N2CCC(C(=O)Nc3cccc(C4(C)NC(=O)NC4=O)c3)CC2)c(C)c1. The number of hydrogen-bond acceptors (Lipinski definition) is 5. The lowest BCUT2D eigenvalue weighted by atomic mass is 9.91. The maximum absolute atomic E-state index is 13.3. The molecule has 0 saturated carbocycles. The highest BCUT2D eigenvalue weighted by Crippen LogP contribution is 2.30. The van der Waals surface area contributed by atoms with E-state index >= 15 is 0 Å². The molecule has 0 radical (unpaired) electrons. The van der Waals surface area contributed by atoms with Crippen molar-refractivity contribution in [3.63, 3.8) is 0 Å². The normalized spacial score (nSPS) is 21.5. The van der Waals surface area contributed by atoms with Gasteiger partial charge in [0.25, 0.3) is 5.91 Å². The van der Waals surface area contributed by atoms with Crippen LogP contribution in [0.25, 0.3) is 0 Å². The minimum atomic E-state index is -3.65. The summed E-state index contributed by atoms with van der Waals surface area (Å²) in [5, 5.41) is 7.71. The second kappa shape index (κ2) is 9.09. The second-order valence-corrected chi connectivity index (χ2v) is 11.4. The predicted octanol–water partition coefficient (Wildman–Crippen LogP) is 2.71. The first-order chi connectivity index (χ1) is 16.4. The van der Waals surface area contributed by atoms with E-state index in [9.17, 15) is 22.8 Å². The third-order valence-corrected chi connectivity index (χ3v) is 8.98. The first-order valence-corrected chi connectivity index (χ1v) is 13.0. The molecule has 2 aliphatic heterocycles. The van der Waals surface area contributed by atoms with Crippen molar-refractivity contribution in [3.8, 4) is 0 Å². The Balaban J connectivity index is 1.43. The maximum atomic E-state index is 13.3. The smallest absolute Gasteiger partial charge is 0.322 e. The molecule has 4 amide bonds. The third kappa shape index (κ3) is 4.68. The number of rotatable bonds is 5. The van der Waals surface area contributed by atoms with E-state index < -0.39 is 27.5 Å². The van der Waals surface area contributed by atoms with Crippen LogP contribution < -0.4 is 16.0 Å². The highest BCUT2D eigenvalue weighted by Gasteiger charge is 2.43. The molecule has 10 heteroatoms. The summed E-state index contributed by atoms with van der Waals surface area (Å²) in [7, 11) is -3.65. The number of piperidine rings is 1. The van der Waals surface area contributed by atoms with Gasteiger partial charge in [-0.25, -0.2) is 13.2 Å². The molecule has 3 N–H and O–H groups in total. The Morgan fingerprint density at radius 1 is 1.06 bits per heavy atom. The monoisotopic (exact) mass is 498 g/mol. The maximum Gasteiger partial charge on any atom is 0.322 e. The summed E-state index contributed by atoms with van der Waals surface area (Å²) >= 11 is 0. The Labute approximate surface area is 205 Å². The predicted molar refractivity (Wildman–Crippen MR) is 131 cm³/mol. The molecule has 1 atom stereocenters. The Morgan fingerprint density at radius 3 is 2.26 bits per heavy atom. The quantitative estimate of drug-likeness (QED) is 0.547. The number of nitrogens with zero attached hydrogens (tertiary/aromatic N) is 1. The van der Waals surface area contributed by atoms with E-state index in [-0.39, 0.29) is 24.9 Å². The van der Waals surface area contributed by atoms with Crippen molar-refractivity contribution >= 4 is 33.6 Å². The Hall–Kier alpha value is -3.24.